The molecule has 2 heterocycles. The van der Waals surface area contributed by atoms with Crippen LogP contribution in [0.4, 0.5) is 0 Å². The van der Waals surface area contributed by atoms with Gasteiger partial charge in [-0.3, -0.25) is 4.57 Å². The normalized spacial score (nSPS) is 13.6. The van der Waals surface area contributed by atoms with Crippen molar-refractivity contribution in [1.29, 1.82) is 0 Å². The molecule has 0 N–H and O–H groups in total. The van der Waals surface area contributed by atoms with Crippen molar-refractivity contribution >= 4 is 54.4 Å². The molecule has 7 aromatic carbocycles. The molecule has 0 saturated heterocycles. The Morgan fingerprint density at radius 3 is 1.65 bits per heavy atom. The minimum absolute atomic E-state index is 0.114. The van der Waals surface area contributed by atoms with Crippen molar-refractivity contribution < 1.29 is 0 Å². The molecule has 1 aliphatic rings. The van der Waals surface area contributed by atoms with Crippen LogP contribution < -0.4 is 0 Å². The zero-order valence-corrected chi connectivity index (χ0v) is 25.6. The number of fused-ring (bicyclic) bond motifs is 9. The van der Waals surface area contributed by atoms with E-state index in [-0.39, 0.29) is 5.41 Å². The van der Waals surface area contributed by atoms with Crippen LogP contribution in [0.15, 0.2) is 140 Å². The van der Waals surface area contributed by atoms with Gasteiger partial charge in [0.25, 0.3) is 0 Å². The largest absolute Gasteiger partial charge is 0.292 e. The molecule has 0 atom stereocenters. The fourth-order valence-corrected chi connectivity index (χ4v) is 7.81. The number of para-hydroxylation sites is 2. The molecule has 10 rings (SSSR count). The Morgan fingerprint density at radius 1 is 0.478 bits per heavy atom. The molecule has 0 spiro atoms. The monoisotopic (exact) mass is 587 g/mol. The highest BCUT2D eigenvalue weighted by Crippen LogP contribution is 2.50. The molecule has 46 heavy (non-hydrogen) atoms. The molecule has 0 fully saturated rings. The predicted molar refractivity (Wildman–Crippen MR) is 192 cm³/mol. The van der Waals surface area contributed by atoms with Crippen LogP contribution in [0, 0.1) is 0 Å². The van der Waals surface area contributed by atoms with Crippen molar-refractivity contribution in [2.75, 3.05) is 0 Å². The predicted octanol–water partition coefficient (Wildman–Crippen LogP) is 11.0. The van der Waals surface area contributed by atoms with E-state index in [0.717, 1.165) is 39.1 Å². The number of nitrogens with zero attached hydrogens (tertiary/aromatic N) is 3. The number of rotatable bonds is 2. The Bertz CT molecular complexity index is 2640. The van der Waals surface area contributed by atoms with Gasteiger partial charge in [0.05, 0.1) is 22.1 Å². The number of hydrogen-bond donors (Lipinski definition) is 0. The first kappa shape index (κ1) is 25.5. The maximum absolute atomic E-state index is 5.42. The van der Waals surface area contributed by atoms with Gasteiger partial charge in [-0.25, -0.2) is 9.97 Å². The van der Waals surface area contributed by atoms with Crippen LogP contribution in [0.25, 0.3) is 82.6 Å². The van der Waals surface area contributed by atoms with E-state index < -0.39 is 0 Å². The van der Waals surface area contributed by atoms with E-state index >= 15 is 0 Å². The summed E-state index contributed by atoms with van der Waals surface area (Å²) in [4.78, 5) is 10.8. The second-order valence-electron chi connectivity index (χ2n) is 13.1. The van der Waals surface area contributed by atoms with Crippen LogP contribution in [0.1, 0.15) is 25.0 Å². The van der Waals surface area contributed by atoms with Crippen LogP contribution in [0.3, 0.4) is 0 Å². The lowest BCUT2D eigenvalue weighted by Gasteiger charge is -2.22. The lowest BCUT2D eigenvalue weighted by Crippen LogP contribution is -2.15. The Labute approximate surface area is 266 Å². The van der Waals surface area contributed by atoms with Gasteiger partial charge in [0, 0.05) is 21.8 Å². The highest BCUT2D eigenvalue weighted by Gasteiger charge is 2.35. The van der Waals surface area contributed by atoms with Crippen LogP contribution >= 0.6 is 0 Å². The molecule has 0 bridgehead atoms. The Hall–Kier alpha value is -5.80. The van der Waals surface area contributed by atoms with Gasteiger partial charge in [-0.15, -0.1) is 0 Å². The molecule has 3 heteroatoms. The molecule has 9 aromatic rings. The average Bonchev–Trinajstić information content (AvgIpc) is 3.52. The highest BCUT2D eigenvalue weighted by molar-refractivity contribution is 6.17. The van der Waals surface area contributed by atoms with Gasteiger partial charge in [0.1, 0.15) is 5.69 Å². The van der Waals surface area contributed by atoms with Crippen molar-refractivity contribution in [1.82, 2.24) is 14.5 Å². The fourth-order valence-electron chi connectivity index (χ4n) is 7.81. The fraction of sp³-hybridized carbons (Fsp3) is 0.0698. The van der Waals surface area contributed by atoms with E-state index in [4.69, 9.17) is 9.97 Å². The van der Waals surface area contributed by atoms with Gasteiger partial charge in [0.15, 0.2) is 5.82 Å². The quantitative estimate of drug-likeness (QED) is 0.201. The molecule has 0 saturated carbocycles. The smallest absolute Gasteiger partial charge is 0.165 e. The summed E-state index contributed by atoms with van der Waals surface area (Å²) in [7, 11) is 0. The van der Waals surface area contributed by atoms with Gasteiger partial charge in [-0.1, -0.05) is 111 Å². The van der Waals surface area contributed by atoms with E-state index in [9.17, 15) is 0 Å². The molecule has 0 amide bonds. The summed E-state index contributed by atoms with van der Waals surface area (Å²) >= 11 is 0. The van der Waals surface area contributed by atoms with Crippen LogP contribution in [0.5, 0.6) is 0 Å². The lowest BCUT2D eigenvalue weighted by atomic mass is 9.82. The van der Waals surface area contributed by atoms with E-state index in [1.54, 1.807) is 0 Å². The molecule has 1 aliphatic carbocycles. The Balaban J connectivity index is 1.33. The maximum atomic E-state index is 5.42. The zero-order chi connectivity index (χ0) is 30.6. The van der Waals surface area contributed by atoms with Gasteiger partial charge in [-0.2, -0.15) is 0 Å². The number of aromatic nitrogens is 3. The topological polar surface area (TPSA) is 30.7 Å². The summed E-state index contributed by atoms with van der Waals surface area (Å²) in [5.74, 6) is 0.845. The molecule has 3 nitrogen and oxygen atoms in total. The van der Waals surface area contributed by atoms with Crippen molar-refractivity contribution in [2.45, 2.75) is 19.3 Å². The molecular formula is C43H29N3. The van der Waals surface area contributed by atoms with Gasteiger partial charge < -0.3 is 0 Å². The van der Waals surface area contributed by atoms with E-state index in [1.165, 1.54) is 54.6 Å². The number of hydrogen-bond acceptors (Lipinski definition) is 2. The van der Waals surface area contributed by atoms with Crippen molar-refractivity contribution in [3.63, 3.8) is 0 Å². The van der Waals surface area contributed by atoms with Crippen molar-refractivity contribution in [3.8, 4) is 28.2 Å². The molecular weight excluding hydrogens is 558 g/mol. The first-order valence-corrected chi connectivity index (χ1v) is 15.9. The summed E-state index contributed by atoms with van der Waals surface area (Å²) in [6, 6.07) is 50.4. The maximum Gasteiger partial charge on any atom is 0.165 e. The third-order valence-electron chi connectivity index (χ3n) is 10.1. The highest BCUT2D eigenvalue weighted by atomic mass is 15.1. The Kier molecular flexibility index (Phi) is 5.06. The second-order valence-corrected chi connectivity index (χ2v) is 13.1. The SMILES string of the molecule is CC1(C)c2ccccc2-c2ccc(-c3nc4ccccc4nc3-n3c4cc5ccccc5cc4c4cc5ccccc5cc43)cc21. The standard InChI is InChI=1S/C43H29N3/c1-43(2)35-16-8-7-15-31(35)32-20-19-30(23-36(32)43)41-42(45-38-18-10-9-17-37(38)44-41)46-39-24-28-13-5-3-11-26(28)21-33(39)34-22-27-12-4-6-14-29(27)25-40(34)46/h3-25H,1-2H3. The van der Waals surface area contributed by atoms with E-state index in [0.29, 0.717) is 0 Å². The van der Waals surface area contributed by atoms with E-state index in [1.807, 2.05) is 12.1 Å². The van der Waals surface area contributed by atoms with Gasteiger partial charge in [0.2, 0.25) is 0 Å². The minimum Gasteiger partial charge on any atom is -0.292 e. The lowest BCUT2D eigenvalue weighted by molar-refractivity contribution is 0.660. The summed E-state index contributed by atoms with van der Waals surface area (Å²) in [6.07, 6.45) is 0. The Morgan fingerprint density at radius 2 is 1.00 bits per heavy atom. The first-order chi connectivity index (χ1) is 22.5. The van der Waals surface area contributed by atoms with Gasteiger partial charge >= 0.3 is 0 Å². The first-order valence-electron chi connectivity index (χ1n) is 15.9. The summed E-state index contributed by atoms with van der Waals surface area (Å²) in [6.45, 7) is 4.66. The second kappa shape index (κ2) is 9.12. The minimum atomic E-state index is -0.114. The van der Waals surface area contributed by atoms with Gasteiger partial charge in [-0.05, 0) is 86.3 Å². The third kappa shape index (κ3) is 3.48. The summed E-state index contributed by atoms with van der Waals surface area (Å²) in [5, 5.41) is 7.29. The zero-order valence-electron chi connectivity index (χ0n) is 25.6. The summed E-state index contributed by atoms with van der Waals surface area (Å²) < 4.78 is 2.35. The molecule has 2 aromatic heterocycles. The van der Waals surface area contributed by atoms with Crippen molar-refractivity contribution in [3.05, 3.63) is 151 Å². The van der Waals surface area contributed by atoms with Crippen LogP contribution in [0.2, 0.25) is 0 Å². The third-order valence-corrected chi connectivity index (χ3v) is 10.1. The van der Waals surface area contributed by atoms with Crippen molar-refractivity contribution in [2.24, 2.45) is 0 Å². The summed E-state index contributed by atoms with van der Waals surface area (Å²) in [5.41, 5.74) is 11.2. The molecule has 0 radical (unpaired) electrons. The molecule has 216 valence electrons. The molecule has 0 aliphatic heterocycles. The van der Waals surface area contributed by atoms with Crippen LogP contribution in [-0.2, 0) is 5.41 Å². The average molecular weight is 588 g/mol. The number of benzene rings is 7. The van der Waals surface area contributed by atoms with Crippen LogP contribution in [-0.4, -0.2) is 14.5 Å². The molecule has 0 unspecified atom stereocenters. The van der Waals surface area contributed by atoms with E-state index in [2.05, 4.69) is 146 Å².